The highest BCUT2D eigenvalue weighted by Gasteiger charge is 2.31. The van der Waals surface area contributed by atoms with Crippen LogP contribution < -0.4 is 14.8 Å². The first-order valence-electron chi connectivity index (χ1n) is 5.85. The van der Waals surface area contributed by atoms with Crippen LogP contribution in [0.3, 0.4) is 0 Å². The zero-order valence-electron chi connectivity index (χ0n) is 10.5. The van der Waals surface area contributed by atoms with Crippen LogP contribution in [0, 0.1) is 0 Å². The van der Waals surface area contributed by atoms with Crippen LogP contribution in [0.25, 0.3) is 0 Å². The minimum atomic E-state index is -0.266. The first-order valence-corrected chi connectivity index (χ1v) is 5.85. The summed E-state index contributed by atoms with van der Waals surface area (Å²) in [5.41, 5.74) is 0. The second kappa shape index (κ2) is 5.73. The molecule has 1 fully saturated rings. The molecule has 2 rings (SSSR count). The van der Waals surface area contributed by atoms with E-state index in [0.29, 0.717) is 13.0 Å². The lowest BCUT2D eigenvalue weighted by atomic mass is 10.2. The predicted molar refractivity (Wildman–Crippen MR) is 65.8 cm³/mol. The average molecular weight is 251 g/mol. The van der Waals surface area contributed by atoms with Crippen molar-refractivity contribution < 1.29 is 19.0 Å². The van der Waals surface area contributed by atoms with E-state index < -0.39 is 0 Å². The topological polar surface area (TPSA) is 56.8 Å². The molecular weight excluding hydrogens is 234 g/mol. The lowest BCUT2D eigenvalue weighted by molar-refractivity contribution is -0.142. The minimum Gasteiger partial charge on any atom is -0.497 e. The number of carbonyl (C=O) groups is 1. The third-order valence-electron chi connectivity index (χ3n) is 2.94. The van der Waals surface area contributed by atoms with E-state index in [1.54, 1.807) is 7.11 Å². The van der Waals surface area contributed by atoms with Gasteiger partial charge in [0.25, 0.3) is 0 Å². The van der Waals surface area contributed by atoms with Gasteiger partial charge in [-0.3, -0.25) is 4.79 Å². The lowest BCUT2D eigenvalue weighted by Gasteiger charge is -2.13. The molecule has 2 atom stereocenters. The van der Waals surface area contributed by atoms with Crippen molar-refractivity contribution in [2.75, 3.05) is 20.8 Å². The SMILES string of the molecule is COC(=O)[C@H]1C[C@@H](Oc2ccc(OC)cc2)CN1. The molecule has 0 aliphatic carbocycles. The van der Waals surface area contributed by atoms with E-state index in [-0.39, 0.29) is 18.1 Å². The van der Waals surface area contributed by atoms with Gasteiger partial charge >= 0.3 is 5.97 Å². The Morgan fingerprint density at radius 1 is 1.22 bits per heavy atom. The molecule has 1 aromatic rings. The molecular formula is C13H17NO4. The van der Waals surface area contributed by atoms with Crippen molar-refractivity contribution in [3.8, 4) is 11.5 Å². The molecule has 0 amide bonds. The highest BCUT2D eigenvalue weighted by atomic mass is 16.5. The average Bonchev–Trinajstić information content (AvgIpc) is 2.87. The van der Waals surface area contributed by atoms with Gasteiger partial charge in [-0.15, -0.1) is 0 Å². The predicted octanol–water partition coefficient (Wildman–Crippen LogP) is 0.977. The third kappa shape index (κ3) is 2.92. The smallest absolute Gasteiger partial charge is 0.323 e. The summed E-state index contributed by atoms with van der Waals surface area (Å²) in [7, 11) is 3.01. The lowest BCUT2D eigenvalue weighted by Crippen LogP contribution is -2.31. The van der Waals surface area contributed by atoms with Crippen molar-refractivity contribution in [2.45, 2.75) is 18.6 Å². The fourth-order valence-electron chi connectivity index (χ4n) is 1.96. The number of rotatable bonds is 4. The molecule has 1 saturated heterocycles. The number of esters is 1. The Kier molecular flexibility index (Phi) is 4.04. The highest BCUT2D eigenvalue weighted by molar-refractivity contribution is 5.76. The molecule has 0 aromatic heterocycles. The largest absolute Gasteiger partial charge is 0.497 e. The van der Waals surface area contributed by atoms with E-state index >= 15 is 0 Å². The monoisotopic (exact) mass is 251 g/mol. The van der Waals surface area contributed by atoms with E-state index in [1.807, 2.05) is 24.3 Å². The van der Waals surface area contributed by atoms with Gasteiger partial charge in [-0.25, -0.2) is 0 Å². The van der Waals surface area contributed by atoms with Crippen LogP contribution in [-0.2, 0) is 9.53 Å². The van der Waals surface area contributed by atoms with Crippen LogP contribution in [0.1, 0.15) is 6.42 Å². The van der Waals surface area contributed by atoms with E-state index in [1.165, 1.54) is 7.11 Å². The van der Waals surface area contributed by atoms with Gasteiger partial charge in [-0.05, 0) is 24.3 Å². The molecule has 5 heteroatoms. The van der Waals surface area contributed by atoms with Crippen molar-refractivity contribution in [2.24, 2.45) is 0 Å². The van der Waals surface area contributed by atoms with Crippen LogP contribution in [0.5, 0.6) is 11.5 Å². The molecule has 1 aromatic carbocycles. The summed E-state index contributed by atoms with van der Waals surface area (Å²) in [4.78, 5) is 11.3. The maximum absolute atomic E-state index is 11.3. The number of methoxy groups -OCH3 is 2. The zero-order valence-corrected chi connectivity index (χ0v) is 10.5. The standard InChI is InChI=1S/C13H17NO4/c1-16-9-3-5-10(6-4-9)18-11-7-12(14-8-11)13(15)17-2/h3-6,11-12,14H,7-8H2,1-2H3/t11-,12-/m1/s1. The van der Waals surface area contributed by atoms with Gasteiger partial charge in [0.2, 0.25) is 0 Å². The summed E-state index contributed by atoms with van der Waals surface area (Å²) in [6, 6.07) is 7.12. The van der Waals surface area contributed by atoms with Gasteiger partial charge in [-0.1, -0.05) is 0 Å². The fraction of sp³-hybridized carbons (Fsp3) is 0.462. The Morgan fingerprint density at radius 3 is 2.50 bits per heavy atom. The van der Waals surface area contributed by atoms with Gasteiger partial charge in [0, 0.05) is 13.0 Å². The van der Waals surface area contributed by atoms with Crippen LogP contribution >= 0.6 is 0 Å². The summed E-state index contributed by atoms with van der Waals surface area (Å²) in [6.45, 7) is 0.645. The summed E-state index contributed by atoms with van der Waals surface area (Å²) >= 11 is 0. The van der Waals surface area contributed by atoms with Gasteiger partial charge in [0.15, 0.2) is 0 Å². The molecule has 0 unspecified atom stereocenters. The highest BCUT2D eigenvalue weighted by Crippen LogP contribution is 2.21. The number of hydrogen-bond donors (Lipinski definition) is 1. The summed E-state index contributed by atoms with van der Waals surface area (Å²) in [5, 5.41) is 3.08. The second-order valence-electron chi connectivity index (χ2n) is 4.14. The Balaban J connectivity index is 1.89. The van der Waals surface area contributed by atoms with Crippen LogP contribution in [-0.4, -0.2) is 38.9 Å². The number of hydrogen-bond acceptors (Lipinski definition) is 5. The molecule has 1 N–H and O–H groups in total. The molecule has 1 heterocycles. The van der Waals surface area contributed by atoms with Gasteiger partial charge in [0.1, 0.15) is 23.6 Å². The number of ether oxygens (including phenoxy) is 3. The Hall–Kier alpha value is -1.75. The maximum atomic E-state index is 11.3. The summed E-state index contributed by atoms with van der Waals surface area (Å²) < 4.78 is 15.5. The van der Waals surface area contributed by atoms with Crippen molar-refractivity contribution in [3.05, 3.63) is 24.3 Å². The minimum absolute atomic E-state index is 0.0116. The quantitative estimate of drug-likeness (QED) is 0.808. The molecule has 0 radical (unpaired) electrons. The van der Waals surface area contributed by atoms with Crippen molar-refractivity contribution in [1.29, 1.82) is 0 Å². The molecule has 0 spiro atoms. The molecule has 1 aliphatic heterocycles. The van der Waals surface area contributed by atoms with E-state index in [2.05, 4.69) is 10.1 Å². The summed E-state index contributed by atoms with van der Waals surface area (Å²) in [6.07, 6.45) is 0.612. The maximum Gasteiger partial charge on any atom is 0.323 e. The zero-order chi connectivity index (χ0) is 13.0. The first kappa shape index (κ1) is 12.7. The number of benzene rings is 1. The second-order valence-corrected chi connectivity index (χ2v) is 4.14. The molecule has 98 valence electrons. The van der Waals surface area contributed by atoms with Gasteiger partial charge in [0.05, 0.1) is 14.2 Å². The fourth-order valence-corrected chi connectivity index (χ4v) is 1.96. The molecule has 5 nitrogen and oxygen atoms in total. The molecule has 0 bridgehead atoms. The Morgan fingerprint density at radius 2 is 1.89 bits per heavy atom. The van der Waals surface area contributed by atoms with Crippen molar-refractivity contribution >= 4 is 5.97 Å². The van der Waals surface area contributed by atoms with Crippen molar-refractivity contribution in [1.82, 2.24) is 5.32 Å². The van der Waals surface area contributed by atoms with Crippen LogP contribution in [0.2, 0.25) is 0 Å². The molecule has 0 saturated carbocycles. The van der Waals surface area contributed by atoms with Gasteiger partial charge in [-0.2, -0.15) is 0 Å². The van der Waals surface area contributed by atoms with E-state index in [9.17, 15) is 4.79 Å². The Labute approximate surface area is 106 Å². The third-order valence-corrected chi connectivity index (χ3v) is 2.94. The van der Waals surface area contributed by atoms with Crippen LogP contribution in [0.15, 0.2) is 24.3 Å². The van der Waals surface area contributed by atoms with Crippen LogP contribution in [0.4, 0.5) is 0 Å². The summed E-state index contributed by atoms with van der Waals surface area (Å²) in [5.74, 6) is 1.32. The Bertz CT molecular complexity index is 404. The first-order chi connectivity index (χ1) is 8.72. The normalized spacial score (nSPS) is 22.6. The van der Waals surface area contributed by atoms with E-state index in [4.69, 9.17) is 9.47 Å². The molecule has 18 heavy (non-hydrogen) atoms. The number of carbonyl (C=O) groups excluding carboxylic acids is 1. The number of nitrogens with one attached hydrogen (secondary N) is 1. The van der Waals surface area contributed by atoms with Gasteiger partial charge < -0.3 is 19.5 Å². The molecule has 1 aliphatic rings. The van der Waals surface area contributed by atoms with Crippen molar-refractivity contribution in [3.63, 3.8) is 0 Å². The van der Waals surface area contributed by atoms with E-state index in [0.717, 1.165) is 11.5 Å².